The molecule has 0 atom stereocenters. The molecule has 2 aromatic rings. The van der Waals surface area contributed by atoms with Gasteiger partial charge >= 0.3 is 5.97 Å². The predicted molar refractivity (Wildman–Crippen MR) is 78.4 cm³/mol. The van der Waals surface area contributed by atoms with E-state index in [1.807, 2.05) is 4.90 Å². The number of hydrogen-bond donors (Lipinski definition) is 1. The van der Waals surface area contributed by atoms with Gasteiger partial charge in [-0.05, 0) is 12.1 Å². The van der Waals surface area contributed by atoms with Gasteiger partial charge in [0.15, 0.2) is 0 Å². The van der Waals surface area contributed by atoms with Crippen molar-refractivity contribution in [3.8, 4) is 0 Å². The SMILES string of the molecule is O=C(O)c1cc(N2CCOCC2)nc2ccc([N+](=O)[O-])cc12. The van der Waals surface area contributed by atoms with Crippen LogP contribution >= 0.6 is 0 Å². The number of fused-ring (bicyclic) bond motifs is 1. The number of benzene rings is 1. The number of non-ortho nitro benzene ring substituents is 1. The Labute approximate surface area is 125 Å². The van der Waals surface area contributed by atoms with Gasteiger partial charge in [-0.15, -0.1) is 0 Å². The van der Waals surface area contributed by atoms with Gasteiger partial charge in [-0.1, -0.05) is 0 Å². The molecule has 1 aliphatic heterocycles. The van der Waals surface area contributed by atoms with Crippen LogP contribution in [0.5, 0.6) is 0 Å². The summed E-state index contributed by atoms with van der Waals surface area (Å²) in [4.78, 5) is 28.2. The highest BCUT2D eigenvalue weighted by Crippen LogP contribution is 2.27. The fourth-order valence-corrected chi connectivity index (χ4v) is 2.44. The van der Waals surface area contributed by atoms with Gasteiger partial charge in [0.25, 0.3) is 5.69 Å². The second-order valence-electron chi connectivity index (χ2n) is 4.89. The maximum absolute atomic E-state index is 11.5. The molecule has 0 amide bonds. The zero-order valence-electron chi connectivity index (χ0n) is 11.6. The van der Waals surface area contributed by atoms with Gasteiger partial charge < -0.3 is 14.7 Å². The van der Waals surface area contributed by atoms with E-state index in [0.717, 1.165) is 0 Å². The summed E-state index contributed by atoms with van der Waals surface area (Å²) < 4.78 is 5.27. The zero-order chi connectivity index (χ0) is 15.7. The van der Waals surface area contributed by atoms with Crippen molar-refractivity contribution < 1.29 is 19.6 Å². The number of nitro benzene ring substituents is 1. The van der Waals surface area contributed by atoms with Crippen molar-refractivity contribution in [3.05, 3.63) is 39.9 Å². The molecule has 1 aliphatic rings. The van der Waals surface area contributed by atoms with Crippen LogP contribution in [0.4, 0.5) is 11.5 Å². The summed E-state index contributed by atoms with van der Waals surface area (Å²) in [5.41, 5.74) is 0.276. The lowest BCUT2D eigenvalue weighted by Crippen LogP contribution is -2.36. The van der Waals surface area contributed by atoms with E-state index in [2.05, 4.69) is 4.98 Å². The Morgan fingerprint density at radius 2 is 2.05 bits per heavy atom. The Balaban J connectivity index is 2.15. The van der Waals surface area contributed by atoms with Crippen LogP contribution < -0.4 is 4.90 Å². The number of carboxylic acid groups (broad SMARTS) is 1. The Hall–Kier alpha value is -2.74. The van der Waals surface area contributed by atoms with Crippen LogP contribution in [0, 0.1) is 10.1 Å². The van der Waals surface area contributed by atoms with Gasteiger partial charge in [-0.25, -0.2) is 9.78 Å². The molecule has 1 N–H and O–H groups in total. The molecule has 0 bridgehead atoms. The number of aromatic carboxylic acids is 1. The molecule has 8 nitrogen and oxygen atoms in total. The lowest BCUT2D eigenvalue weighted by Gasteiger charge is -2.28. The van der Waals surface area contributed by atoms with Crippen LogP contribution in [0.3, 0.4) is 0 Å². The third-order valence-corrected chi connectivity index (χ3v) is 3.56. The first-order chi connectivity index (χ1) is 10.6. The minimum absolute atomic E-state index is 0.00944. The minimum atomic E-state index is -1.14. The molecule has 1 aromatic heterocycles. The molecule has 0 aliphatic carbocycles. The quantitative estimate of drug-likeness (QED) is 0.679. The largest absolute Gasteiger partial charge is 0.478 e. The number of nitro groups is 1. The van der Waals surface area contributed by atoms with Gasteiger partial charge in [-0.2, -0.15) is 0 Å². The van der Waals surface area contributed by atoms with Gasteiger partial charge in [0.05, 0.1) is 29.2 Å². The van der Waals surface area contributed by atoms with E-state index in [9.17, 15) is 20.0 Å². The Kier molecular flexibility index (Phi) is 3.60. The summed E-state index contributed by atoms with van der Waals surface area (Å²) in [7, 11) is 0. The highest BCUT2D eigenvalue weighted by molar-refractivity contribution is 6.04. The first-order valence-electron chi connectivity index (χ1n) is 6.71. The van der Waals surface area contributed by atoms with E-state index in [0.29, 0.717) is 37.6 Å². The molecule has 114 valence electrons. The number of ether oxygens (including phenoxy) is 1. The van der Waals surface area contributed by atoms with Crippen molar-refractivity contribution in [2.24, 2.45) is 0 Å². The van der Waals surface area contributed by atoms with Crippen molar-refractivity contribution in [3.63, 3.8) is 0 Å². The summed E-state index contributed by atoms with van der Waals surface area (Å²) in [6.07, 6.45) is 0. The second-order valence-corrected chi connectivity index (χ2v) is 4.89. The van der Waals surface area contributed by atoms with E-state index in [1.54, 1.807) is 0 Å². The van der Waals surface area contributed by atoms with E-state index in [4.69, 9.17) is 4.74 Å². The smallest absolute Gasteiger partial charge is 0.336 e. The molecule has 3 rings (SSSR count). The highest BCUT2D eigenvalue weighted by Gasteiger charge is 2.19. The molecule has 22 heavy (non-hydrogen) atoms. The van der Waals surface area contributed by atoms with Crippen LogP contribution in [0.15, 0.2) is 24.3 Å². The number of aromatic nitrogens is 1. The van der Waals surface area contributed by atoms with Crippen molar-refractivity contribution in [2.75, 3.05) is 31.2 Å². The standard InChI is InChI=1S/C14H13N3O5/c18-14(19)11-8-13(16-3-5-22-6-4-16)15-12-2-1-9(17(20)21)7-10(11)12/h1-2,7-8H,3-6H2,(H,18,19). The van der Waals surface area contributed by atoms with E-state index in [1.165, 1.54) is 24.3 Å². The van der Waals surface area contributed by atoms with Crippen molar-refractivity contribution in [1.29, 1.82) is 0 Å². The molecule has 1 saturated heterocycles. The average molecular weight is 303 g/mol. The normalized spacial score (nSPS) is 15.0. The highest BCUT2D eigenvalue weighted by atomic mass is 16.6. The van der Waals surface area contributed by atoms with Crippen molar-refractivity contribution >= 4 is 28.4 Å². The average Bonchev–Trinajstić information content (AvgIpc) is 2.53. The van der Waals surface area contributed by atoms with E-state index >= 15 is 0 Å². The first-order valence-corrected chi connectivity index (χ1v) is 6.71. The van der Waals surface area contributed by atoms with Crippen LogP contribution in [-0.2, 0) is 4.74 Å². The number of carboxylic acids is 1. The Bertz CT molecular complexity index is 755. The summed E-state index contributed by atoms with van der Waals surface area (Å²) in [6, 6.07) is 5.50. The predicted octanol–water partition coefficient (Wildman–Crippen LogP) is 1.68. The fourth-order valence-electron chi connectivity index (χ4n) is 2.44. The maximum atomic E-state index is 11.5. The first kappa shape index (κ1) is 14.2. The number of anilines is 1. The van der Waals surface area contributed by atoms with E-state index < -0.39 is 10.9 Å². The number of carbonyl (C=O) groups is 1. The number of pyridine rings is 1. The van der Waals surface area contributed by atoms with Crippen LogP contribution in [0.25, 0.3) is 10.9 Å². The number of rotatable bonds is 3. The second kappa shape index (κ2) is 5.57. The van der Waals surface area contributed by atoms with Crippen molar-refractivity contribution in [1.82, 2.24) is 4.98 Å². The van der Waals surface area contributed by atoms with Gasteiger partial charge in [0, 0.05) is 30.6 Å². The minimum Gasteiger partial charge on any atom is -0.478 e. The lowest BCUT2D eigenvalue weighted by atomic mass is 10.1. The number of morpholine rings is 1. The molecule has 1 aromatic carbocycles. The third kappa shape index (κ3) is 2.56. The summed E-state index contributed by atoms with van der Waals surface area (Å²) in [5, 5.41) is 20.5. The number of nitrogens with zero attached hydrogens (tertiary/aromatic N) is 3. The summed E-state index contributed by atoms with van der Waals surface area (Å²) in [6.45, 7) is 2.37. The van der Waals surface area contributed by atoms with Crippen LogP contribution in [-0.4, -0.2) is 47.3 Å². The monoisotopic (exact) mass is 303 g/mol. The molecule has 0 unspecified atom stereocenters. The lowest BCUT2D eigenvalue weighted by molar-refractivity contribution is -0.384. The number of hydrogen-bond acceptors (Lipinski definition) is 6. The molecule has 0 saturated carbocycles. The summed E-state index contributed by atoms with van der Waals surface area (Å²) in [5.74, 6) is -0.593. The molecular weight excluding hydrogens is 290 g/mol. The molecule has 0 spiro atoms. The van der Waals surface area contributed by atoms with Crippen LogP contribution in [0.2, 0.25) is 0 Å². The molecular formula is C14H13N3O5. The van der Waals surface area contributed by atoms with Gasteiger partial charge in [0.2, 0.25) is 0 Å². The Morgan fingerprint density at radius 3 is 2.68 bits per heavy atom. The van der Waals surface area contributed by atoms with Crippen LogP contribution in [0.1, 0.15) is 10.4 Å². The maximum Gasteiger partial charge on any atom is 0.336 e. The molecule has 2 heterocycles. The molecule has 8 heteroatoms. The van der Waals surface area contributed by atoms with Gasteiger partial charge in [-0.3, -0.25) is 10.1 Å². The zero-order valence-corrected chi connectivity index (χ0v) is 11.6. The fraction of sp³-hybridized carbons (Fsp3) is 0.286. The topological polar surface area (TPSA) is 106 Å². The van der Waals surface area contributed by atoms with E-state index in [-0.39, 0.29) is 16.6 Å². The van der Waals surface area contributed by atoms with Gasteiger partial charge in [0.1, 0.15) is 5.82 Å². The Morgan fingerprint density at radius 1 is 1.32 bits per heavy atom. The summed E-state index contributed by atoms with van der Waals surface area (Å²) >= 11 is 0. The van der Waals surface area contributed by atoms with Crippen molar-refractivity contribution in [2.45, 2.75) is 0 Å². The molecule has 0 radical (unpaired) electrons. The third-order valence-electron chi connectivity index (χ3n) is 3.56. The molecule has 1 fully saturated rings.